The largest absolute Gasteiger partial charge is 0.264 e. The van der Waals surface area contributed by atoms with Gasteiger partial charge in [-0.15, -0.1) is 0 Å². The van der Waals surface area contributed by atoms with Crippen LogP contribution in [0.3, 0.4) is 0 Å². The van der Waals surface area contributed by atoms with Gasteiger partial charge >= 0.3 is 0 Å². The Morgan fingerprint density at radius 3 is 2.58 bits per heavy atom. The Hall–Kier alpha value is -0.580. The monoisotopic (exact) mass is 239 g/mol. The Morgan fingerprint density at radius 1 is 1.50 bits per heavy atom. The molecule has 0 saturated heterocycles. The summed E-state index contributed by atoms with van der Waals surface area (Å²) in [6, 6.07) is 1.12. The summed E-state index contributed by atoms with van der Waals surface area (Å²) in [5.41, 5.74) is -0.383. The number of pyridine rings is 1. The van der Waals surface area contributed by atoms with E-state index in [2.05, 4.69) is 20.9 Å². The van der Waals surface area contributed by atoms with E-state index in [1.165, 1.54) is 0 Å². The van der Waals surface area contributed by atoms with E-state index in [-0.39, 0.29) is 16.5 Å². The molecule has 0 N–H and O–H groups in total. The summed E-state index contributed by atoms with van der Waals surface area (Å²) in [5.74, 6) is -0.843. The van der Waals surface area contributed by atoms with Gasteiger partial charge in [-0.1, -0.05) is 15.9 Å². The Bertz CT molecular complexity index is 277. The molecule has 0 atom stereocenters. The molecule has 0 saturated carbocycles. The number of alkyl halides is 3. The molecule has 0 unspecified atom stereocenters. The summed E-state index contributed by atoms with van der Waals surface area (Å²) in [5, 5.41) is 0.0480. The van der Waals surface area contributed by atoms with E-state index in [0.717, 1.165) is 12.3 Å². The standard InChI is InChI=1S/C7H5BrF3N/c8-3-5-4(6(9)10)1-2-12-7(5)11/h1-2,6H,3H2. The summed E-state index contributed by atoms with van der Waals surface area (Å²) in [4.78, 5) is 3.26. The molecule has 1 nitrogen and oxygen atoms in total. The maximum absolute atomic E-state index is 12.7. The van der Waals surface area contributed by atoms with Gasteiger partial charge in [0.1, 0.15) is 0 Å². The highest BCUT2D eigenvalue weighted by atomic mass is 79.9. The van der Waals surface area contributed by atoms with Gasteiger partial charge in [0.05, 0.1) is 0 Å². The molecule has 0 bridgehead atoms. The van der Waals surface area contributed by atoms with Gasteiger partial charge in [-0.3, -0.25) is 0 Å². The highest BCUT2D eigenvalue weighted by Crippen LogP contribution is 2.25. The van der Waals surface area contributed by atoms with Crippen LogP contribution in [0, 0.1) is 5.95 Å². The summed E-state index contributed by atoms with van der Waals surface area (Å²) < 4.78 is 37.1. The van der Waals surface area contributed by atoms with E-state index >= 15 is 0 Å². The second kappa shape index (κ2) is 3.89. The van der Waals surface area contributed by atoms with Crippen LogP contribution in [0.1, 0.15) is 17.6 Å². The predicted molar refractivity (Wildman–Crippen MR) is 41.8 cm³/mol. The number of hydrogen-bond acceptors (Lipinski definition) is 1. The molecular weight excluding hydrogens is 235 g/mol. The number of halogens is 4. The van der Waals surface area contributed by atoms with Crippen molar-refractivity contribution in [2.75, 3.05) is 0 Å². The van der Waals surface area contributed by atoms with Crippen LogP contribution in [-0.2, 0) is 5.33 Å². The van der Waals surface area contributed by atoms with Gasteiger partial charge in [0, 0.05) is 22.7 Å². The minimum Gasteiger partial charge on any atom is -0.228 e. The first-order valence-corrected chi connectivity index (χ1v) is 4.26. The van der Waals surface area contributed by atoms with Crippen LogP contribution in [-0.4, -0.2) is 4.98 Å². The fourth-order valence-corrected chi connectivity index (χ4v) is 1.37. The first-order valence-electron chi connectivity index (χ1n) is 3.14. The molecule has 1 heterocycles. The molecule has 0 fully saturated rings. The first kappa shape index (κ1) is 9.51. The quantitative estimate of drug-likeness (QED) is 0.571. The number of rotatable bonds is 2. The molecule has 0 aromatic carbocycles. The number of aromatic nitrogens is 1. The molecule has 0 aliphatic rings. The van der Waals surface area contributed by atoms with Crippen molar-refractivity contribution < 1.29 is 13.2 Å². The number of hydrogen-bond donors (Lipinski definition) is 0. The fourth-order valence-electron chi connectivity index (χ4n) is 0.817. The van der Waals surface area contributed by atoms with Crippen molar-refractivity contribution in [3.05, 3.63) is 29.3 Å². The SMILES string of the molecule is Fc1nccc(C(F)F)c1CBr. The maximum atomic E-state index is 12.7. The van der Waals surface area contributed by atoms with Crippen LogP contribution in [0.5, 0.6) is 0 Å². The van der Waals surface area contributed by atoms with E-state index in [1.54, 1.807) is 0 Å². The summed E-state index contributed by atoms with van der Waals surface area (Å²) >= 11 is 2.91. The third-order valence-electron chi connectivity index (χ3n) is 1.41. The van der Waals surface area contributed by atoms with Gasteiger partial charge in [-0.25, -0.2) is 13.8 Å². The maximum Gasteiger partial charge on any atom is 0.264 e. The highest BCUT2D eigenvalue weighted by Gasteiger charge is 2.15. The van der Waals surface area contributed by atoms with Crippen molar-refractivity contribution >= 4 is 15.9 Å². The van der Waals surface area contributed by atoms with E-state index in [0.29, 0.717) is 0 Å². The summed E-state index contributed by atoms with van der Waals surface area (Å²) in [6.07, 6.45) is -1.63. The minimum atomic E-state index is -2.66. The van der Waals surface area contributed by atoms with Crippen molar-refractivity contribution in [3.8, 4) is 0 Å². The zero-order valence-corrected chi connectivity index (χ0v) is 7.48. The second-order valence-corrected chi connectivity index (χ2v) is 2.66. The smallest absolute Gasteiger partial charge is 0.228 e. The molecule has 66 valence electrons. The van der Waals surface area contributed by atoms with Crippen molar-refractivity contribution in [2.45, 2.75) is 11.8 Å². The van der Waals surface area contributed by atoms with Crippen LogP contribution in [0.2, 0.25) is 0 Å². The van der Waals surface area contributed by atoms with Crippen molar-refractivity contribution in [1.82, 2.24) is 4.98 Å². The van der Waals surface area contributed by atoms with Crippen LogP contribution in [0.25, 0.3) is 0 Å². The zero-order valence-electron chi connectivity index (χ0n) is 5.90. The minimum absolute atomic E-state index is 0.0480. The molecule has 0 aliphatic carbocycles. The van der Waals surface area contributed by atoms with E-state index in [4.69, 9.17) is 0 Å². The molecule has 0 spiro atoms. The van der Waals surface area contributed by atoms with Gasteiger partial charge < -0.3 is 0 Å². The average molecular weight is 240 g/mol. The average Bonchev–Trinajstić information content (AvgIpc) is 2.03. The molecule has 12 heavy (non-hydrogen) atoms. The second-order valence-electron chi connectivity index (χ2n) is 2.10. The van der Waals surface area contributed by atoms with Crippen molar-refractivity contribution in [3.63, 3.8) is 0 Å². The van der Waals surface area contributed by atoms with E-state index in [1.807, 2.05) is 0 Å². The van der Waals surface area contributed by atoms with E-state index in [9.17, 15) is 13.2 Å². The number of nitrogens with zero attached hydrogens (tertiary/aromatic N) is 1. The summed E-state index contributed by atoms with van der Waals surface area (Å²) in [7, 11) is 0. The lowest BCUT2D eigenvalue weighted by Crippen LogP contribution is -1.98. The molecule has 0 radical (unpaired) electrons. The van der Waals surface area contributed by atoms with Gasteiger partial charge in [0.2, 0.25) is 5.95 Å². The summed E-state index contributed by atoms with van der Waals surface area (Å²) in [6.45, 7) is 0. The molecule has 0 amide bonds. The van der Waals surface area contributed by atoms with Crippen LogP contribution < -0.4 is 0 Å². The molecule has 1 aromatic rings. The first-order chi connectivity index (χ1) is 5.66. The molecule has 0 aliphatic heterocycles. The van der Waals surface area contributed by atoms with Gasteiger partial charge in [0.25, 0.3) is 6.43 Å². The van der Waals surface area contributed by atoms with Crippen LogP contribution in [0.4, 0.5) is 13.2 Å². The normalized spacial score (nSPS) is 10.8. The molecule has 5 heteroatoms. The fraction of sp³-hybridized carbons (Fsp3) is 0.286. The lowest BCUT2D eigenvalue weighted by Gasteiger charge is -2.05. The van der Waals surface area contributed by atoms with Crippen molar-refractivity contribution in [1.29, 1.82) is 0 Å². The predicted octanol–water partition coefficient (Wildman–Crippen LogP) is 3.05. The van der Waals surface area contributed by atoms with Crippen LogP contribution in [0.15, 0.2) is 12.3 Å². The topological polar surface area (TPSA) is 12.9 Å². The highest BCUT2D eigenvalue weighted by molar-refractivity contribution is 9.08. The Morgan fingerprint density at radius 2 is 2.17 bits per heavy atom. The van der Waals surface area contributed by atoms with E-state index < -0.39 is 12.4 Å². The van der Waals surface area contributed by atoms with Crippen molar-refractivity contribution in [2.24, 2.45) is 0 Å². The van der Waals surface area contributed by atoms with Gasteiger partial charge in [-0.05, 0) is 6.07 Å². The Balaban J connectivity index is 3.18. The van der Waals surface area contributed by atoms with Gasteiger partial charge in [0.15, 0.2) is 0 Å². The Kier molecular flexibility index (Phi) is 3.08. The molecular formula is C7H5BrF3N. The zero-order chi connectivity index (χ0) is 9.14. The molecule has 1 aromatic heterocycles. The molecule has 1 rings (SSSR count). The Labute approximate surface area is 75.7 Å². The third kappa shape index (κ3) is 1.77. The lowest BCUT2D eigenvalue weighted by molar-refractivity contribution is 0.149. The van der Waals surface area contributed by atoms with Crippen LogP contribution >= 0.6 is 15.9 Å². The third-order valence-corrected chi connectivity index (χ3v) is 1.97. The lowest BCUT2D eigenvalue weighted by atomic mass is 10.2. The van der Waals surface area contributed by atoms with Gasteiger partial charge in [-0.2, -0.15) is 4.39 Å².